The summed E-state index contributed by atoms with van der Waals surface area (Å²) in [5.74, 6) is -0.239. The van der Waals surface area contributed by atoms with Gasteiger partial charge in [-0.05, 0) is 12.8 Å². The summed E-state index contributed by atoms with van der Waals surface area (Å²) < 4.78 is 0. The molecule has 0 fully saturated rings. The second kappa shape index (κ2) is 13.1. The topological polar surface area (TPSA) is 49.3 Å². The summed E-state index contributed by atoms with van der Waals surface area (Å²) >= 11 is 0. The Bertz CT molecular complexity index is 256. The lowest BCUT2D eigenvalue weighted by atomic mass is 9.81. The third kappa shape index (κ3) is 9.89. The monoisotopic (exact) mass is 299 g/mol. The lowest BCUT2D eigenvalue weighted by molar-refractivity contribution is -0.139. The highest BCUT2D eigenvalue weighted by molar-refractivity contribution is 5.80. The Labute approximate surface area is 131 Å². The van der Waals surface area contributed by atoms with Gasteiger partial charge in [0.05, 0.1) is 0 Å². The minimum absolute atomic E-state index is 0.239. The Kier molecular flexibility index (Phi) is 12.8. The second-order valence-electron chi connectivity index (χ2n) is 6.64. The van der Waals surface area contributed by atoms with E-state index in [9.17, 15) is 4.79 Å². The average molecular weight is 299 g/mol. The predicted octanol–water partition coefficient (Wildman–Crippen LogP) is 5.61. The van der Waals surface area contributed by atoms with E-state index in [1.807, 2.05) is 19.3 Å². The lowest BCUT2D eigenvalue weighted by Gasteiger charge is -2.25. The molecular weight excluding hydrogens is 262 g/mol. The Morgan fingerprint density at radius 2 is 1.29 bits per heavy atom. The molecule has 1 atom stereocenters. The molecular formula is C18H37NO2. The van der Waals surface area contributed by atoms with Crippen molar-refractivity contribution in [3.63, 3.8) is 0 Å². The lowest BCUT2D eigenvalue weighted by Crippen LogP contribution is -2.36. The molecule has 21 heavy (non-hydrogen) atoms. The summed E-state index contributed by atoms with van der Waals surface area (Å²) in [6.45, 7) is 6.20. The van der Waals surface area contributed by atoms with Crippen LogP contribution in [0.4, 0.5) is 0 Å². The van der Waals surface area contributed by atoms with Gasteiger partial charge in [-0.3, -0.25) is 10.0 Å². The smallest absolute Gasteiger partial charge is 0.249 e. The maximum absolute atomic E-state index is 11.6. The van der Waals surface area contributed by atoms with Gasteiger partial charge in [-0.2, -0.15) is 0 Å². The third-order valence-electron chi connectivity index (χ3n) is 4.76. The molecule has 0 aliphatic rings. The van der Waals surface area contributed by atoms with E-state index in [0.717, 1.165) is 19.3 Å². The number of amides is 1. The first kappa shape index (κ1) is 20.4. The van der Waals surface area contributed by atoms with Crippen LogP contribution in [0.5, 0.6) is 0 Å². The summed E-state index contributed by atoms with van der Waals surface area (Å²) in [6.07, 6.45) is 16.2. The Hall–Kier alpha value is -0.570. The molecule has 1 unspecified atom stereocenters. The third-order valence-corrected chi connectivity index (χ3v) is 4.76. The van der Waals surface area contributed by atoms with Crippen LogP contribution in [-0.2, 0) is 4.79 Å². The molecule has 1 amide bonds. The van der Waals surface area contributed by atoms with E-state index in [1.54, 1.807) is 0 Å². The highest BCUT2D eigenvalue weighted by Gasteiger charge is 2.30. The van der Waals surface area contributed by atoms with E-state index in [-0.39, 0.29) is 5.91 Å². The number of unbranched alkanes of at least 4 members (excludes halogenated alkanes) is 10. The Balaban J connectivity index is 3.45. The Morgan fingerprint density at radius 1 is 0.857 bits per heavy atom. The number of rotatable bonds is 14. The van der Waals surface area contributed by atoms with Crippen molar-refractivity contribution in [3.05, 3.63) is 0 Å². The molecule has 0 spiro atoms. The molecule has 0 rings (SSSR count). The van der Waals surface area contributed by atoms with Crippen LogP contribution in [0.15, 0.2) is 0 Å². The fraction of sp³-hybridized carbons (Fsp3) is 0.944. The molecule has 3 nitrogen and oxygen atoms in total. The minimum atomic E-state index is -0.409. The second-order valence-corrected chi connectivity index (χ2v) is 6.64. The standard InChI is InChI=1S/C18H37NO2/c1-4-6-7-8-9-10-11-12-13-14-15-16-18(3,5-2)17(20)19-21/h21H,4-16H2,1-3H3,(H,19,20). The molecule has 0 aromatic heterocycles. The number of hydrogen-bond acceptors (Lipinski definition) is 2. The summed E-state index contributed by atoms with van der Waals surface area (Å²) in [7, 11) is 0. The van der Waals surface area contributed by atoms with Gasteiger partial charge in [0, 0.05) is 5.41 Å². The summed E-state index contributed by atoms with van der Waals surface area (Å²) in [5, 5.41) is 8.78. The van der Waals surface area contributed by atoms with Gasteiger partial charge in [-0.25, -0.2) is 5.48 Å². The maximum Gasteiger partial charge on any atom is 0.249 e. The molecule has 2 N–H and O–H groups in total. The van der Waals surface area contributed by atoms with Crippen molar-refractivity contribution in [2.45, 2.75) is 104 Å². The summed E-state index contributed by atoms with van der Waals surface area (Å²) in [6, 6.07) is 0. The highest BCUT2D eigenvalue weighted by atomic mass is 16.5. The molecule has 126 valence electrons. The summed E-state index contributed by atoms with van der Waals surface area (Å²) in [4.78, 5) is 11.6. The SMILES string of the molecule is CCCCCCCCCCCCCC(C)(CC)C(=O)NO. The number of hydrogen-bond donors (Lipinski definition) is 2. The minimum Gasteiger partial charge on any atom is -0.289 e. The van der Waals surface area contributed by atoms with Gasteiger partial charge in [0.2, 0.25) is 5.91 Å². The molecule has 0 aromatic carbocycles. The molecule has 0 aromatic rings. The molecule has 0 aliphatic heterocycles. The normalized spacial score (nSPS) is 13.9. The van der Waals surface area contributed by atoms with Crippen molar-refractivity contribution in [1.82, 2.24) is 5.48 Å². The zero-order valence-electron chi connectivity index (χ0n) is 14.5. The molecule has 0 heterocycles. The molecule has 0 aliphatic carbocycles. The first-order chi connectivity index (χ1) is 10.1. The maximum atomic E-state index is 11.6. The van der Waals surface area contributed by atoms with Gasteiger partial charge in [0.15, 0.2) is 0 Å². The zero-order chi connectivity index (χ0) is 16.0. The van der Waals surface area contributed by atoms with E-state index < -0.39 is 5.41 Å². The number of nitrogens with one attached hydrogen (secondary N) is 1. The van der Waals surface area contributed by atoms with Gasteiger partial charge in [0.25, 0.3) is 0 Å². The van der Waals surface area contributed by atoms with E-state index >= 15 is 0 Å². The predicted molar refractivity (Wildman–Crippen MR) is 89.4 cm³/mol. The van der Waals surface area contributed by atoms with Crippen molar-refractivity contribution >= 4 is 5.91 Å². The van der Waals surface area contributed by atoms with E-state index in [4.69, 9.17) is 5.21 Å². The van der Waals surface area contributed by atoms with Crippen LogP contribution in [-0.4, -0.2) is 11.1 Å². The highest BCUT2D eigenvalue weighted by Crippen LogP contribution is 2.28. The number of carbonyl (C=O) groups is 1. The van der Waals surface area contributed by atoms with Crippen molar-refractivity contribution in [2.75, 3.05) is 0 Å². The molecule has 0 radical (unpaired) electrons. The number of hydroxylamine groups is 1. The van der Waals surface area contributed by atoms with Crippen LogP contribution >= 0.6 is 0 Å². The van der Waals surface area contributed by atoms with Crippen LogP contribution in [0.1, 0.15) is 104 Å². The van der Waals surface area contributed by atoms with Gasteiger partial charge in [-0.15, -0.1) is 0 Å². The average Bonchev–Trinajstić information content (AvgIpc) is 2.51. The van der Waals surface area contributed by atoms with Crippen molar-refractivity contribution < 1.29 is 10.0 Å². The fourth-order valence-corrected chi connectivity index (χ4v) is 2.77. The van der Waals surface area contributed by atoms with E-state index in [1.165, 1.54) is 64.2 Å². The van der Waals surface area contributed by atoms with E-state index in [2.05, 4.69) is 6.92 Å². The van der Waals surface area contributed by atoms with Crippen LogP contribution < -0.4 is 5.48 Å². The van der Waals surface area contributed by atoms with Crippen molar-refractivity contribution in [2.24, 2.45) is 5.41 Å². The van der Waals surface area contributed by atoms with Crippen LogP contribution in [0.2, 0.25) is 0 Å². The Morgan fingerprint density at radius 3 is 1.67 bits per heavy atom. The van der Waals surface area contributed by atoms with Crippen molar-refractivity contribution in [3.8, 4) is 0 Å². The van der Waals surface area contributed by atoms with Crippen molar-refractivity contribution in [1.29, 1.82) is 0 Å². The zero-order valence-corrected chi connectivity index (χ0v) is 14.5. The first-order valence-electron chi connectivity index (χ1n) is 9.05. The molecule has 3 heteroatoms. The van der Waals surface area contributed by atoms with E-state index in [0.29, 0.717) is 0 Å². The first-order valence-corrected chi connectivity index (χ1v) is 9.05. The van der Waals surface area contributed by atoms with Crippen LogP contribution in [0, 0.1) is 5.41 Å². The largest absolute Gasteiger partial charge is 0.289 e. The van der Waals surface area contributed by atoms with Gasteiger partial charge in [0.1, 0.15) is 0 Å². The fourth-order valence-electron chi connectivity index (χ4n) is 2.77. The van der Waals surface area contributed by atoms with Crippen LogP contribution in [0.3, 0.4) is 0 Å². The quantitative estimate of drug-likeness (QED) is 0.249. The molecule has 0 saturated heterocycles. The van der Waals surface area contributed by atoms with Gasteiger partial charge in [-0.1, -0.05) is 91.4 Å². The van der Waals surface area contributed by atoms with Crippen LogP contribution in [0.25, 0.3) is 0 Å². The molecule has 0 bridgehead atoms. The molecule has 0 saturated carbocycles. The van der Waals surface area contributed by atoms with Gasteiger partial charge < -0.3 is 0 Å². The summed E-state index contributed by atoms with van der Waals surface area (Å²) in [5.41, 5.74) is 1.40. The van der Waals surface area contributed by atoms with Gasteiger partial charge >= 0.3 is 0 Å². The number of carbonyl (C=O) groups excluding carboxylic acids is 1.